The third-order valence-corrected chi connectivity index (χ3v) is 3.78. The summed E-state index contributed by atoms with van der Waals surface area (Å²) in [6, 6.07) is 13.6. The third-order valence-electron chi connectivity index (χ3n) is 3.04. The van der Waals surface area contributed by atoms with E-state index in [4.69, 9.17) is 0 Å². The van der Waals surface area contributed by atoms with E-state index in [9.17, 15) is 4.39 Å². The third kappa shape index (κ3) is 3.74. The normalized spacial score (nSPS) is 12.2. The highest BCUT2D eigenvalue weighted by molar-refractivity contribution is 7.98. The van der Waals surface area contributed by atoms with Crippen LogP contribution in [0.2, 0.25) is 0 Å². The van der Waals surface area contributed by atoms with E-state index < -0.39 is 0 Å². The van der Waals surface area contributed by atoms with Crippen LogP contribution < -0.4 is 5.32 Å². The van der Waals surface area contributed by atoms with Crippen LogP contribution in [0.5, 0.6) is 0 Å². The Hall–Kier alpha value is -1.48. The average Bonchev–Trinajstić information content (AvgIpc) is 2.37. The maximum Gasteiger partial charge on any atom is 0.125 e. The van der Waals surface area contributed by atoms with Crippen LogP contribution in [0.15, 0.2) is 47.4 Å². The van der Waals surface area contributed by atoms with Crippen LogP contribution in [0.1, 0.15) is 24.1 Å². The summed E-state index contributed by atoms with van der Waals surface area (Å²) < 4.78 is 13.3. The van der Waals surface area contributed by atoms with E-state index in [-0.39, 0.29) is 11.9 Å². The topological polar surface area (TPSA) is 12.0 Å². The smallest absolute Gasteiger partial charge is 0.125 e. The molecule has 2 aromatic rings. The Bertz CT molecular complexity index is 531. The van der Waals surface area contributed by atoms with Gasteiger partial charge in [-0.2, -0.15) is 0 Å². The molecule has 2 rings (SSSR count). The molecule has 1 nitrogen and oxygen atoms in total. The molecule has 19 heavy (non-hydrogen) atoms. The number of thioether (sulfide) groups is 1. The molecule has 0 fully saturated rings. The van der Waals surface area contributed by atoms with Gasteiger partial charge in [0.2, 0.25) is 0 Å². The zero-order valence-corrected chi connectivity index (χ0v) is 12.2. The summed E-state index contributed by atoms with van der Waals surface area (Å²) >= 11 is 1.73. The van der Waals surface area contributed by atoms with Crippen LogP contribution in [-0.4, -0.2) is 6.26 Å². The second-order valence-corrected chi connectivity index (χ2v) is 5.54. The number of hydrogen-bond acceptors (Lipinski definition) is 2. The van der Waals surface area contributed by atoms with Gasteiger partial charge in [-0.25, -0.2) is 4.39 Å². The van der Waals surface area contributed by atoms with E-state index in [0.29, 0.717) is 0 Å². The molecule has 0 spiro atoms. The minimum absolute atomic E-state index is 0.150. The van der Waals surface area contributed by atoms with Gasteiger partial charge in [-0.3, -0.25) is 0 Å². The monoisotopic (exact) mass is 275 g/mol. The van der Waals surface area contributed by atoms with Gasteiger partial charge in [0.25, 0.3) is 0 Å². The van der Waals surface area contributed by atoms with E-state index >= 15 is 0 Å². The molecule has 0 radical (unpaired) electrons. The first-order valence-corrected chi connectivity index (χ1v) is 7.48. The Morgan fingerprint density at radius 3 is 2.37 bits per heavy atom. The van der Waals surface area contributed by atoms with Crippen LogP contribution in [-0.2, 0) is 0 Å². The minimum Gasteiger partial charge on any atom is -0.378 e. The lowest BCUT2D eigenvalue weighted by Crippen LogP contribution is -2.06. The summed E-state index contributed by atoms with van der Waals surface area (Å²) in [5.74, 6) is -0.201. The largest absolute Gasteiger partial charge is 0.378 e. The summed E-state index contributed by atoms with van der Waals surface area (Å²) in [7, 11) is 0. The summed E-state index contributed by atoms with van der Waals surface area (Å²) in [4.78, 5) is 1.25. The van der Waals surface area contributed by atoms with E-state index in [1.807, 2.05) is 13.0 Å². The van der Waals surface area contributed by atoms with Crippen molar-refractivity contribution in [1.29, 1.82) is 0 Å². The van der Waals surface area contributed by atoms with Gasteiger partial charge in [-0.05, 0) is 61.6 Å². The van der Waals surface area contributed by atoms with Crippen LogP contribution in [0, 0.1) is 12.7 Å². The molecule has 0 saturated heterocycles. The summed E-state index contributed by atoms with van der Waals surface area (Å²) in [5.41, 5.74) is 2.94. The van der Waals surface area contributed by atoms with E-state index in [1.54, 1.807) is 11.8 Å². The molecule has 2 aromatic carbocycles. The number of hydrogen-bond donors (Lipinski definition) is 1. The quantitative estimate of drug-likeness (QED) is 0.785. The second kappa shape index (κ2) is 6.11. The fourth-order valence-electron chi connectivity index (χ4n) is 2.05. The number of halogens is 1. The molecule has 1 atom stereocenters. The molecule has 0 amide bonds. The van der Waals surface area contributed by atoms with Crippen LogP contribution in [0.25, 0.3) is 0 Å². The van der Waals surface area contributed by atoms with Crippen LogP contribution in [0.3, 0.4) is 0 Å². The first-order chi connectivity index (χ1) is 9.08. The van der Waals surface area contributed by atoms with Gasteiger partial charge in [0, 0.05) is 16.6 Å². The Labute approximate surface area is 118 Å². The first kappa shape index (κ1) is 13.9. The summed E-state index contributed by atoms with van der Waals surface area (Å²) in [6.07, 6.45) is 2.06. The van der Waals surface area contributed by atoms with Crippen molar-refractivity contribution >= 4 is 17.4 Å². The van der Waals surface area contributed by atoms with Crippen molar-refractivity contribution in [3.05, 3.63) is 59.4 Å². The average molecular weight is 275 g/mol. The fourth-order valence-corrected chi connectivity index (χ4v) is 2.45. The molecule has 3 heteroatoms. The Morgan fingerprint density at radius 2 is 1.79 bits per heavy atom. The van der Waals surface area contributed by atoms with Gasteiger partial charge in [-0.1, -0.05) is 12.1 Å². The second-order valence-electron chi connectivity index (χ2n) is 4.66. The standard InChI is InChI=1S/C16H18FNS/c1-11-8-14(17)10-15(9-11)18-12(2)13-4-6-16(19-3)7-5-13/h4-10,12,18H,1-3H3. The Kier molecular flexibility index (Phi) is 4.48. The van der Waals surface area contributed by atoms with Gasteiger partial charge in [0.15, 0.2) is 0 Å². The number of aryl methyl sites for hydroxylation is 1. The molecule has 100 valence electrons. The van der Waals surface area contributed by atoms with Gasteiger partial charge in [0.05, 0.1) is 0 Å². The molecular formula is C16H18FNS. The van der Waals surface area contributed by atoms with Crippen molar-refractivity contribution in [3.63, 3.8) is 0 Å². The molecule has 0 aliphatic heterocycles. The maximum absolute atomic E-state index is 13.3. The van der Waals surface area contributed by atoms with Crippen molar-refractivity contribution in [2.24, 2.45) is 0 Å². The molecule has 0 aliphatic carbocycles. The molecular weight excluding hydrogens is 257 g/mol. The SMILES string of the molecule is CSc1ccc(C(C)Nc2cc(C)cc(F)c2)cc1. The highest BCUT2D eigenvalue weighted by Gasteiger charge is 2.06. The maximum atomic E-state index is 13.3. The molecule has 0 saturated carbocycles. The lowest BCUT2D eigenvalue weighted by atomic mass is 10.1. The van der Waals surface area contributed by atoms with Crippen molar-refractivity contribution in [1.82, 2.24) is 0 Å². The predicted molar refractivity (Wildman–Crippen MR) is 81.4 cm³/mol. The van der Waals surface area contributed by atoms with Gasteiger partial charge in [-0.15, -0.1) is 11.8 Å². The Morgan fingerprint density at radius 1 is 1.11 bits per heavy atom. The zero-order chi connectivity index (χ0) is 13.8. The molecule has 0 aliphatic rings. The zero-order valence-electron chi connectivity index (χ0n) is 11.4. The Balaban J connectivity index is 2.13. The molecule has 0 heterocycles. The first-order valence-electron chi connectivity index (χ1n) is 6.26. The van der Waals surface area contributed by atoms with Crippen molar-refractivity contribution < 1.29 is 4.39 Å². The molecule has 1 N–H and O–H groups in total. The van der Waals surface area contributed by atoms with Crippen LogP contribution in [0.4, 0.5) is 10.1 Å². The van der Waals surface area contributed by atoms with Crippen molar-refractivity contribution in [2.75, 3.05) is 11.6 Å². The fraction of sp³-hybridized carbons (Fsp3) is 0.250. The van der Waals surface area contributed by atoms with Crippen LogP contribution >= 0.6 is 11.8 Å². The molecule has 0 aromatic heterocycles. The lowest BCUT2D eigenvalue weighted by molar-refractivity contribution is 0.626. The van der Waals surface area contributed by atoms with Crippen molar-refractivity contribution in [2.45, 2.75) is 24.8 Å². The predicted octanol–water partition coefficient (Wildman–Crippen LogP) is 5.03. The number of anilines is 1. The van der Waals surface area contributed by atoms with E-state index in [2.05, 4.69) is 42.8 Å². The lowest BCUT2D eigenvalue weighted by Gasteiger charge is -2.16. The minimum atomic E-state index is -0.201. The number of benzene rings is 2. The highest BCUT2D eigenvalue weighted by Crippen LogP contribution is 2.23. The molecule has 1 unspecified atom stereocenters. The number of nitrogens with one attached hydrogen (secondary N) is 1. The highest BCUT2D eigenvalue weighted by atomic mass is 32.2. The molecule has 0 bridgehead atoms. The van der Waals surface area contributed by atoms with Crippen molar-refractivity contribution in [3.8, 4) is 0 Å². The van der Waals surface area contributed by atoms with Gasteiger partial charge in [0.1, 0.15) is 5.82 Å². The van der Waals surface area contributed by atoms with E-state index in [0.717, 1.165) is 11.3 Å². The van der Waals surface area contributed by atoms with Gasteiger partial charge >= 0.3 is 0 Å². The summed E-state index contributed by atoms with van der Waals surface area (Å²) in [5, 5.41) is 3.33. The van der Waals surface area contributed by atoms with Gasteiger partial charge < -0.3 is 5.32 Å². The number of rotatable bonds is 4. The van der Waals surface area contributed by atoms with E-state index in [1.165, 1.54) is 22.6 Å². The summed E-state index contributed by atoms with van der Waals surface area (Å²) in [6.45, 7) is 3.97.